The summed E-state index contributed by atoms with van der Waals surface area (Å²) < 4.78 is 11.0. The van der Waals surface area contributed by atoms with E-state index >= 15 is 0 Å². The van der Waals surface area contributed by atoms with Gasteiger partial charge in [0.15, 0.2) is 0 Å². The summed E-state index contributed by atoms with van der Waals surface area (Å²) in [6, 6.07) is 0.0842. The van der Waals surface area contributed by atoms with Crippen LogP contribution in [-0.2, 0) is 11.3 Å². The van der Waals surface area contributed by atoms with E-state index in [9.17, 15) is 0 Å². The Kier molecular flexibility index (Phi) is 4.44. The maximum Gasteiger partial charge on any atom is 0.242 e. The third kappa shape index (κ3) is 4.28. The van der Waals surface area contributed by atoms with E-state index in [1.807, 2.05) is 34.6 Å². The smallest absolute Gasteiger partial charge is 0.242 e. The molecule has 1 N–H and O–H groups in total. The molecule has 0 amide bonds. The first-order chi connectivity index (χ1) is 7.42. The molecule has 1 rings (SSSR count). The first-order valence-corrected chi connectivity index (χ1v) is 5.62. The lowest BCUT2D eigenvalue weighted by Crippen LogP contribution is -2.18. The van der Waals surface area contributed by atoms with Crippen LogP contribution in [0.4, 0.5) is 0 Å². The molecular weight excluding hydrogens is 206 g/mol. The molecule has 5 nitrogen and oxygen atoms in total. The molecule has 5 heteroatoms. The number of nitrogens with one attached hydrogen (secondary N) is 1. The van der Waals surface area contributed by atoms with E-state index < -0.39 is 0 Å². The molecule has 0 aliphatic heterocycles. The second-order valence-electron chi connectivity index (χ2n) is 4.71. The highest BCUT2D eigenvalue weighted by Gasteiger charge is 2.15. The summed E-state index contributed by atoms with van der Waals surface area (Å²) in [6.45, 7) is 11.2. The second-order valence-corrected chi connectivity index (χ2v) is 4.71. The molecule has 0 aliphatic rings. The lowest BCUT2D eigenvalue weighted by atomic mass is 10.2. The minimum atomic E-state index is -0.193. The Labute approximate surface area is 96.6 Å². The number of nitrogens with zero attached hydrogens (tertiary/aromatic N) is 2. The largest absolute Gasteiger partial charge is 0.421 e. The van der Waals surface area contributed by atoms with Crippen molar-refractivity contribution >= 4 is 0 Å². The Hall–Kier alpha value is -0.940. The van der Waals surface area contributed by atoms with Crippen molar-refractivity contribution in [3.8, 4) is 0 Å². The highest BCUT2D eigenvalue weighted by Crippen LogP contribution is 2.14. The van der Waals surface area contributed by atoms with Gasteiger partial charge in [-0.2, -0.15) is 0 Å². The van der Waals surface area contributed by atoms with E-state index in [1.54, 1.807) is 0 Å². The fourth-order valence-corrected chi connectivity index (χ4v) is 1.17. The highest BCUT2D eigenvalue weighted by atomic mass is 16.5. The number of hydrogen-bond donors (Lipinski definition) is 1. The van der Waals surface area contributed by atoms with Crippen LogP contribution in [0, 0.1) is 0 Å². The number of ether oxygens (including phenoxy) is 1. The van der Waals surface area contributed by atoms with Gasteiger partial charge in [0.2, 0.25) is 11.8 Å². The third-order valence-corrected chi connectivity index (χ3v) is 1.99. The van der Waals surface area contributed by atoms with Crippen molar-refractivity contribution in [3.63, 3.8) is 0 Å². The molecule has 1 aromatic heterocycles. The van der Waals surface area contributed by atoms with Gasteiger partial charge in [0, 0.05) is 0 Å². The van der Waals surface area contributed by atoms with Crippen molar-refractivity contribution in [3.05, 3.63) is 11.8 Å². The molecular formula is C11H21N3O2. The maximum absolute atomic E-state index is 5.55. The zero-order chi connectivity index (χ0) is 12.2. The summed E-state index contributed by atoms with van der Waals surface area (Å²) in [4.78, 5) is 0. The Morgan fingerprint density at radius 3 is 2.62 bits per heavy atom. The predicted molar refractivity (Wildman–Crippen MR) is 60.9 cm³/mol. The monoisotopic (exact) mass is 227 g/mol. The average molecular weight is 227 g/mol. The fourth-order valence-electron chi connectivity index (χ4n) is 1.17. The van der Waals surface area contributed by atoms with Crippen LogP contribution in [0.25, 0.3) is 0 Å². The SMILES string of the molecule is CCNC(C)c1nnc(COC(C)(C)C)o1. The molecule has 1 heterocycles. The molecule has 0 aliphatic carbocycles. The van der Waals surface area contributed by atoms with Crippen LogP contribution < -0.4 is 5.32 Å². The van der Waals surface area contributed by atoms with Crippen LogP contribution in [0.3, 0.4) is 0 Å². The first kappa shape index (κ1) is 13.1. The minimum absolute atomic E-state index is 0.0842. The summed E-state index contributed by atoms with van der Waals surface area (Å²) in [6.07, 6.45) is 0. The summed E-state index contributed by atoms with van der Waals surface area (Å²) in [7, 11) is 0. The molecule has 92 valence electrons. The molecule has 0 radical (unpaired) electrons. The molecule has 1 atom stereocenters. The van der Waals surface area contributed by atoms with E-state index in [0.717, 1.165) is 6.54 Å². The normalized spacial score (nSPS) is 14.1. The quantitative estimate of drug-likeness (QED) is 0.834. The Bertz CT molecular complexity index is 317. The molecule has 0 aromatic carbocycles. The summed E-state index contributed by atoms with van der Waals surface area (Å²) in [5.74, 6) is 1.13. The van der Waals surface area contributed by atoms with Crippen LogP contribution in [-0.4, -0.2) is 22.3 Å². The van der Waals surface area contributed by atoms with Crippen molar-refractivity contribution in [2.45, 2.75) is 52.9 Å². The van der Waals surface area contributed by atoms with Gasteiger partial charge in [0.1, 0.15) is 6.61 Å². The van der Waals surface area contributed by atoms with Gasteiger partial charge in [-0.1, -0.05) is 6.92 Å². The minimum Gasteiger partial charge on any atom is -0.421 e. The van der Waals surface area contributed by atoms with Gasteiger partial charge in [-0.15, -0.1) is 10.2 Å². The molecule has 0 saturated heterocycles. The zero-order valence-electron chi connectivity index (χ0n) is 10.7. The van der Waals surface area contributed by atoms with Crippen molar-refractivity contribution in [2.75, 3.05) is 6.54 Å². The van der Waals surface area contributed by atoms with Crippen LogP contribution in [0.5, 0.6) is 0 Å². The van der Waals surface area contributed by atoms with Gasteiger partial charge >= 0.3 is 0 Å². The van der Waals surface area contributed by atoms with Gasteiger partial charge in [0.05, 0.1) is 11.6 Å². The van der Waals surface area contributed by atoms with Gasteiger partial charge in [-0.05, 0) is 34.2 Å². The van der Waals surface area contributed by atoms with Crippen molar-refractivity contribution < 1.29 is 9.15 Å². The zero-order valence-corrected chi connectivity index (χ0v) is 10.7. The Morgan fingerprint density at radius 1 is 1.38 bits per heavy atom. The lowest BCUT2D eigenvalue weighted by molar-refractivity contribution is -0.0248. The highest BCUT2D eigenvalue weighted by molar-refractivity contribution is 4.87. The number of hydrogen-bond acceptors (Lipinski definition) is 5. The summed E-state index contributed by atoms with van der Waals surface area (Å²) in [5, 5.41) is 11.1. The van der Waals surface area contributed by atoms with Gasteiger partial charge in [-0.25, -0.2) is 0 Å². The standard InChI is InChI=1S/C11H21N3O2/c1-6-12-8(2)10-14-13-9(16-10)7-15-11(3,4)5/h8,12H,6-7H2,1-5H3. The number of aromatic nitrogens is 2. The molecule has 16 heavy (non-hydrogen) atoms. The van der Waals surface area contributed by atoms with E-state index in [2.05, 4.69) is 15.5 Å². The Balaban J connectivity index is 2.51. The molecule has 0 fully saturated rings. The Morgan fingerprint density at radius 2 is 2.06 bits per heavy atom. The van der Waals surface area contributed by atoms with Crippen molar-refractivity contribution in [1.82, 2.24) is 15.5 Å². The third-order valence-electron chi connectivity index (χ3n) is 1.99. The maximum atomic E-state index is 5.55. The molecule has 0 saturated carbocycles. The summed E-state index contributed by atoms with van der Waals surface area (Å²) in [5.41, 5.74) is -0.193. The lowest BCUT2D eigenvalue weighted by Gasteiger charge is -2.17. The van der Waals surface area contributed by atoms with Gasteiger partial charge in [-0.3, -0.25) is 0 Å². The van der Waals surface area contributed by atoms with Crippen LogP contribution >= 0.6 is 0 Å². The number of rotatable bonds is 5. The van der Waals surface area contributed by atoms with Crippen molar-refractivity contribution in [1.29, 1.82) is 0 Å². The summed E-state index contributed by atoms with van der Waals surface area (Å²) >= 11 is 0. The molecule has 1 unspecified atom stereocenters. The van der Waals surface area contributed by atoms with Crippen LogP contribution in [0.15, 0.2) is 4.42 Å². The second kappa shape index (κ2) is 5.41. The van der Waals surface area contributed by atoms with Crippen LogP contribution in [0.2, 0.25) is 0 Å². The first-order valence-electron chi connectivity index (χ1n) is 5.62. The fraction of sp³-hybridized carbons (Fsp3) is 0.818. The van der Waals surface area contributed by atoms with Crippen molar-refractivity contribution in [2.24, 2.45) is 0 Å². The molecule has 0 bridgehead atoms. The average Bonchev–Trinajstić information content (AvgIpc) is 2.62. The van der Waals surface area contributed by atoms with Gasteiger partial charge in [0.25, 0.3) is 0 Å². The van der Waals surface area contributed by atoms with E-state index in [0.29, 0.717) is 18.4 Å². The molecule has 1 aromatic rings. The van der Waals surface area contributed by atoms with Gasteiger partial charge < -0.3 is 14.5 Å². The topological polar surface area (TPSA) is 60.2 Å². The van der Waals surface area contributed by atoms with E-state index in [4.69, 9.17) is 9.15 Å². The predicted octanol–water partition coefficient (Wildman–Crippen LogP) is 2.06. The van der Waals surface area contributed by atoms with E-state index in [1.165, 1.54) is 0 Å². The van der Waals surface area contributed by atoms with Crippen LogP contribution in [0.1, 0.15) is 52.4 Å². The molecule has 0 spiro atoms. The van der Waals surface area contributed by atoms with E-state index in [-0.39, 0.29) is 11.6 Å².